The number of hydroxylamine groups is 1. The van der Waals surface area contributed by atoms with Crippen LogP contribution in [0.3, 0.4) is 0 Å². The number of hydrazine groups is 1. The first-order valence-electron chi connectivity index (χ1n) is 11.1. The highest BCUT2D eigenvalue weighted by Gasteiger charge is 2.39. The van der Waals surface area contributed by atoms with Crippen LogP contribution in [0.15, 0.2) is 24.3 Å². The zero-order chi connectivity index (χ0) is 21.1. The van der Waals surface area contributed by atoms with E-state index in [1.807, 2.05) is 11.1 Å². The van der Waals surface area contributed by atoms with E-state index < -0.39 is 0 Å². The number of rotatable bonds is 6. The molecule has 3 heterocycles. The molecule has 0 aliphatic carbocycles. The zero-order valence-corrected chi connectivity index (χ0v) is 17.9. The van der Waals surface area contributed by atoms with Gasteiger partial charge in [0, 0.05) is 32.6 Å². The molecule has 5 unspecified atom stereocenters. The van der Waals surface area contributed by atoms with E-state index in [1.54, 1.807) is 6.07 Å². The molecule has 0 bridgehead atoms. The lowest BCUT2D eigenvalue weighted by atomic mass is 9.80. The van der Waals surface area contributed by atoms with Gasteiger partial charge in [0.1, 0.15) is 11.9 Å². The number of hydrogen-bond acceptors (Lipinski definition) is 6. The summed E-state index contributed by atoms with van der Waals surface area (Å²) >= 11 is 0. The van der Waals surface area contributed by atoms with Crippen LogP contribution in [0.25, 0.3) is 0 Å². The number of nitrogens with one attached hydrogen (secondary N) is 4. The van der Waals surface area contributed by atoms with Crippen molar-refractivity contribution < 1.29 is 14.0 Å². The van der Waals surface area contributed by atoms with Gasteiger partial charge in [-0.05, 0) is 48.4 Å². The number of hydrogen-bond donors (Lipinski definition) is 4. The van der Waals surface area contributed by atoms with Crippen molar-refractivity contribution in [1.82, 2.24) is 26.5 Å². The first-order valence-corrected chi connectivity index (χ1v) is 11.1. The van der Waals surface area contributed by atoms with Crippen LogP contribution in [-0.2, 0) is 16.2 Å². The van der Waals surface area contributed by atoms with Gasteiger partial charge >= 0.3 is 0 Å². The summed E-state index contributed by atoms with van der Waals surface area (Å²) in [6.45, 7) is 8.51. The third-order valence-electron chi connectivity index (χ3n) is 6.64. The van der Waals surface area contributed by atoms with Crippen LogP contribution in [0.4, 0.5) is 4.39 Å². The fourth-order valence-electron chi connectivity index (χ4n) is 4.76. The van der Waals surface area contributed by atoms with Crippen molar-refractivity contribution in [3.8, 4) is 0 Å². The second-order valence-corrected chi connectivity index (χ2v) is 9.30. The fraction of sp³-hybridized carbons (Fsp3) is 0.682. The third-order valence-corrected chi connectivity index (χ3v) is 6.64. The Balaban J connectivity index is 1.22. The zero-order valence-electron chi connectivity index (χ0n) is 17.9. The summed E-state index contributed by atoms with van der Waals surface area (Å²) in [7, 11) is 0. The summed E-state index contributed by atoms with van der Waals surface area (Å²) in [4.78, 5) is 18.6. The predicted molar refractivity (Wildman–Crippen MR) is 112 cm³/mol. The van der Waals surface area contributed by atoms with Gasteiger partial charge in [0.2, 0.25) is 5.91 Å². The van der Waals surface area contributed by atoms with Crippen molar-refractivity contribution in [1.29, 1.82) is 0 Å². The Morgan fingerprint density at radius 3 is 2.97 bits per heavy atom. The van der Waals surface area contributed by atoms with Crippen LogP contribution >= 0.6 is 0 Å². The van der Waals surface area contributed by atoms with Crippen molar-refractivity contribution >= 4 is 5.91 Å². The highest BCUT2D eigenvalue weighted by Crippen LogP contribution is 2.30. The Labute approximate surface area is 178 Å². The Morgan fingerprint density at radius 2 is 2.17 bits per heavy atom. The molecule has 3 fully saturated rings. The minimum atomic E-state index is -0.313. The largest absolute Gasteiger partial charge is 0.349 e. The summed E-state index contributed by atoms with van der Waals surface area (Å²) in [6.07, 6.45) is 1.92. The average molecular weight is 420 g/mol. The summed E-state index contributed by atoms with van der Waals surface area (Å²) in [5, 5.41) is 8.67. The monoisotopic (exact) mass is 419 g/mol. The number of halogens is 1. The van der Waals surface area contributed by atoms with Gasteiger partial charge in [-0.25, -0.2) is 9.40 Å². The average Bonchev–Trinajstić information content (AvgIpc) is 3.38. The molecule has 0 saturated carbocycles. The highest BCUT2D eigenvalue weighted by atomic mass is 19.1. The fourth-order valence-corrected chi connectivity index (χ4v) is 4.76. The standard InChI is InChI=1S/C22H34FN5O2/c1-14(2)16-7-17(10-24-9-16)21-8-20(27-30-21)22(29)26-19-11-25-28(13-19)12-15-4-3-5-18(23)6-15/h3-6,14,16-17,19-21,24-25,27H,7-13H2,1-2H3,(H,26,29). The van der Waals surface area contributed by atoms with Crippen LogP contribution in [0.5, 0.6) is 0 Å². The lowest BCUT2D eigenvalue weighted by Gasteiger charge is -2.34. The Bertz CT molecular complexity index is 733. The van der Waals surface area contributed by atoms with Crippen molar-refractivity contribution in [3.63, 3.8) is 0 Å². The summed E-state index contributed by atoms with van der Waals surface area (Å²) in [5.74, 6) is 1.51. The van der Waals surface area contributed by atoms with E-state index in [0.29, 0.717) is 43.8 Å². The van der Waals surface area contributed by atoms with Gasteiger partial charge in [-0.2, -0.15) is 5.48 Å². The number of piperidine rings is 1. The number of amides is 1. The van der Waals surface area contributed by atoms with E-state index in [4.69, 9.17) is 4.84 Å². The minimum absolute atomic E-state index is 0.0129. The SMILES string of the molecule is CC(C)C1CNCC(C2CC(C(=O)NC3CNN(Cc4cccc(F)c4)C3)NO2)C1. The molecule has 3 aliphatic heterocycles. The Kier molecular flexibility index (Phi) is 7.00. The molecule has 1 aromatic carbocycles. The molecular formula is C22H34FN5O2. The molecule has 7 nitrogen and oxygen atoms in total. The van der Waals surface area contributed by atoms with E-state index >= 15 is 0 Å². The third kappa shape index (κ3) is 5.36. The van der Waals surface area contributed by atoms with Crippen molar-refractivity contribution in [3.05, 3.63) is 35.6 Å². The maximum atomic E-state index is 13.4. The molecule has 0 spiro atoms. The van der Waals surface area contributed by atoms with Gasteiger partial charge in [-0.1, -0.05) is 26.0 Å². The first-order chi connectivity index (χ1) is 14.5. The summed E-state index contributed by atoms with van der Waals surface area (Å²) in [6, 6.07) is 6.31. The quantitative estimate of drug-likeness (QED) is 0.555. The topological polar surface area (TPSA) is 77.7 Å². The van der Waals surface area contributed by atoms with Gasteiger partial charge in [-0.15, -0.1) is 0 Å². The van der Waals surface area contributed by atoms with Gasteiger partial charge in [0.25, 0.3) is 0 Å². The van der Waals surface area contributed by atoms with Gasteiger partial charge in [0.15, 0.2) is 0 Å². The van der Waals surface area contributed by atoms with Crippen molar-refractivity contribution in [2.45, 2.75) is 51.4 Å². The number of nitrogens with zero attached hydrogens (tertiary/aromatic N) is 1. The molecule has 3 aliphatic rings. The molecule has 0 aromatic heterocycles. The maximum absolute atomic E-state index is 13.4. The van der Waals surface area contributed by atoms with Gasteiger partial charge in [0.05, 0.1) is 12.1 Å². The lowest BCUT2D eigenvalue weighted by Crippen LogP contribution is -2.47. The van der Waals surface area contributed by atoms with E-state index in [2.05, 4.69) is 35.4 Å². The van der Waals surface area contributed by atoms with Crippen molar-refractivity contribution in [2.75, 3.05) is 26.2 Å². The van der Waals surface area contributed by atoms with Crippen molar-refractivity contribution in [2.24, 2.45) is 17.8 Å². The number of benzene rings is 1. The second kappa shape index (κ2) is 9.70. The summed E-state index contributed by atoms with van der Waals surface area (Å²) < 4.78 is 13.4. The molecule has 1 aromatic rings. The maximum Gasteiger partial charge on any atom is 0.239 e. The van der Waals surface area contributed by atoms with Crippen LogP contribution in [0, 0.1) is 23.6 Å². The van der Waals surface area contributed by atoms with Gasteiger partial charge in [-0.3, -0.25) is 15.1 Å². The van der Waals surface area contributed by atoms with Crippen LogP contribution in [0.2, 0.25) is 0 Å². The molecule has 3 saturated heterocycles. The molecule has 8 heteroatoms. The highest BCUT2D eigenvalue weighted by molar-refractivity contribution is 5.82. The number of carbonyl (C=O) groups is 1. The molecular weight excluding hydrogens is 385 g/mol. The molecule has 166 valence electrons. The lowest BCUT2D eigenvalue weighted by molar-refractivity contribution is -0.125. The van der Waals surface area contributed by atoms with E-state index in [1.165, 1.54) is 12.1 Å². The van der Waals surface area contributed by atoms with E-state index in [-0.39, 0.29) is 29.9 Å². The molecule has 1 amide bonds. The second-order valence-electron chi connectivity index (χ2n) is 9.30. The molecule has 0 radical (unpaired) electrons. The van der Waals surface area contributed by atoms with E-state index in [9.17, 15) is 9.18 Å². The summed E-state index contributed by atoms with van der Waals surface area (Å²) in [5.41, 5.74) is 7.15. The minimum Gasteiger partial charge on any atom is -0.349 e. The Morgan fingerprint density at radius 1 is 1.30 bits per heavy atom. The van der Waals surface area contributed by atoms with E-state index in [0.717, 1.165) is 25.1 Å². The predicted octanol–water partition coefficient (Wildman–Crippen LogP) is 1.17. The normalized spacial score (nSPS) is 32.6. The van der Waals surface area contributed by atoms with Crippen LogP contribution in [-0.4, -0.2) is 55.3 Å². The molecule has 4 N–H and O–H groups in total. The van der Waals surface area contributed by atoms with Crippen LogP contribution in [0.1, 0.15) is 32.3 Å². The molecule has 30 heavy (non-hydrogen) atoms. The van der Waals surface area contributed by atoms with Crippen LogP contribution < -0.4 is 21.5 Å². The Hall–Kier alpha value is -1.58. The first kappa shape index (κ1) is 21.6. The van der Waals surface area contributed by atoms with Gasteiger partial charge < -0.3 is 10.6 Å². The molecule has 5 atom stereocenters. The smallest absolute Gasteiger partial charge is 0.239 e. The number of carbonyl (C=O) groups excluding carboxylic acids is 1. The molecule has 4 rings (SSSR count).